The molecule has 2 aromatic rings. The highest BCUT2D eigenvalue weighted by atomic mass is 32.2. The maximum atomic E-state index is 10.6. The molecule has 0 unspecified atom stereocenters. The van der Waals surface area contributed by atoms with E-state index in [9.17, 15) is 4.79 Å². The fourth-order valence-corrected chi connectivity index (χ4v) is 2.17. The molecule has 0 aliphatic rings. The van der Waals surface area contributed by atoms with Crippen LogP contribution in [0.4, 0.5) is 4.79 Å². The molecule has 2 amide bonds. The molecule has 0 saturated heterocycles. The molecular weight excluding hydrogens is 222 g/mol. The van der Waals surface area contributed by atoms with E-state index in [0.717, 1.165) is 16.8 Å². The van der Waals surface area contributed by atoms with E-state index in [2.05, 4.69) is 28.5 Å². The van der Waals surface area contributed by atoms with Gasteiger partial charge in [0.15, 0.2) is 0 Å². The molecule has 3 N–H and O–H groups in total. The number of urea groups is 1. The predicted molar refractivity (Wildman–Crippen MR) is 66.2 cm³/mol. The predicted octanol–water partition coefficient (Wildman–Crippen LogP) is 2.34. The molecule has 0 fully saturated rings. The van der Waals surface area contributed by atoms with Gasteiger partial charge in [-0.25, -0.2) is 4.79 Å². The first-order chi connectivity index (χ1) is 7.70. The lowest BCUT2D eigenvalue weighted by atomic mass is 10.2. The Labute approximate surface area is 97.9 Å². The highest BCUT2D eigenvalue weighted by Crippen LogP contribution is 2.22. The number of nitrogens with two attached hydrogens (primary N) is 1. The second-order valence-electron chi connectivity index (χ2n) is 3.39. The topological polar surface area (TPSA) is 60.1 Å². The van der Waals surface area contributed by atoms with Gasteiger partial charge in [-0.1, -0.05) is 0 Å². The van der Waals surface area contributed by atoms with Crippen LogP contribution in [0.1, 0.15) is 6.92 Å². The number of hydrogen-bond acceptors (Lipinski definition) is 2. The van der Waals surface area contributed by atoms with Gasteiger partial charge in [-0.15, -0.1) is 0 Å². The number of amides is 2. The van der Waals surface area contributed by atoms with Crippen LogP contribution >= 0.6 is 11.9 Å². The van der Waals surface area contributed by atoms with Gasteiger partial charge in [0, 0.05) is 28.5 Å². The van der Waals surface area contributed by atoms with Gasteiger partial charge >= 0.3 is 6.03 Å². The van der Waals surface area contributed by atoms with Crippen molar-refractivity contribution >= 4 is 28.9 Å². The first-order valence-electron chi connectivity index (χ1n) is 5.02. The van der Waals surface area contributed by atoms with Crippen LogP contribution in [0.5, 0.6) is 0 Å². The molecular formula is C11H13N3OS. The zero-order chi connectivity index (χ0) is 11.5. The van der Waals surface area contributed by atoms with E-state index in [1.807, 2.05) is 18.2 Å². The summed E-state index contributed by atoms with van der Waals surface area (Å²) in [6.07, 6.45) is 2.06. The van der Waals surface area contributed by atoms with Crippen molar-refractivity contribution in [3.63, 3.8) is 0 Å². The Balaban J connectivity index is 2.27. The molecule has 0 radical (unpaired) electrons. The molecule has 5 heteroatoms. The van der Waals surface area contributed by atoms with Crippen LogP contribution in [0.15, 0.2) is 35.4 Å². The number of aryl methyl sites for hydroxylation is 1. The molecule has 0 aliphatic carbocycles. The molecule has 4 nitrogen and oxygen atoms in total. The standard InChI is InChI=1S/C11H13N3OS/c1-2-14-6-5-8-7-9(3-4-10(8)14)16-13-11(12)15/h3-7H,2H2,1H3,(H3,12,13,15). The Kier molecular flexibility index (Phi) is 3.05. The third kappa shape index (κ3) is 2.14. The Morgan fingerprint density at radius 1 is 1.50 bits per heavy atom. The van der Waals surface area contributed by atoms with Crippen LogP contribution in [-0.2, 0) is 6.54 Å². The van der Waals surface area contributed by atoms with E-state index in [1.54, 1.807) is 0 Å². The minimum atomic E-state index is -0.531. The van der Waals surface area contributed by atoms with Crippen molar-refractivity contribution in [3.8, 4) is 0 Å². The van der Waals surface area contributed by atoms with Gasteiger partial charge in [-0.05, 0) is 43.1 Å². The monoisotopic (exact) mass is 235 g/mol. The molecule has 2 rings (SSSR count). The molecule has 84 valence electrons. The normalized spacial score (nSPS) is 10.6. The van der Waals surface area contributed by atoms with Crippen LogP contribution < -0.4 is 10.5 Å². The van der Waals surface area contributed by atoms with Crippen LogP contribution in [-0.4, -0.2) is 10.6 Å². The van der Waals surface area contributed by atoms with Crippen molar-refractivity contribution in [3.05, 3.63) is 30.5 Å². The average Bonchev–Trinajstić information content (AvgIpc) is 2.68. The maximum Gasteiger partial charge on any atom is 0.322 e. The zero-order valence-corrected chi connectivity index (χ0v) is 9.75. The van der Waals surface area contributed by atoms with Gasteiger partial charge in [0.25, 0.3) is 0 Å². The quantitative estimate of drug-likeness (QED) is 0.802. The first kappa shape index (κ1) is 10.9. The Bertz CT molecular complexity index is 521. The van der Waals surface area contributed by atoms with Crippen LogP contribution in [0.25, 0.3) is 10.9 Å². The second-order valence-corrected chi connectivity index (χ2v) is 4.27. The number of primary amides is 1. The van der Waals surface area contributed by atoms with Gasteiger partial charge in [0.05, 0.1) is 0 Å². The summed E-state index contributed by atoms with van der Waals surface area (Å²) in [6, 6.07) is 7.57. The van der Waals surface area contributed by atoms with Crippen molar-refractivity contribution in [2.24, 2.45) is 5.73 Å². The lowest BCUT2D eigenvalue weighted by Crippen LogP contribution is -2.22. The second kappa shape index (κ2) is 4.49. The van der Waals surface area contributed by atoms with Crippen molar-refractivity contribution in [1.82, 2.24) is 9.29 Å². The molecule has 1 heterocycles. The van der Waals surface area contributed by atoms with Gasteiger partial charge in [0.2, 0.25) is 0 Å². The first-order valence-corrected chi connectivity index (χ1v) is 5.83. The summed E-state index contributed by atoms with van der Waals surface area (Å²) in [7, 11) is 0. The molecule has 0 aliphatic heterocycles. The van der Waals surface area contributed by atoms with Crippen LogP contribution in [0, 0.1) is 0 Å². The fraction of sp³-hybridized carbons (Fsp3) is 0.182. The van der Waals surface area contributed by atoms with E-state index in [4.69, 9.17) is 5.73 Å². The summed E-state index contributed by atoms with van der Waals surface area (Å²) in [5, 5.41) is 1.16. The summed E-state index contributed by atoms with van der Waals surface area (Å²) < 4.78 is 4.67. The molecule has 0 spiro atoms. The van der Waals surface area contributed by atoms with E-state index >= 15 is 0 Å². The number of carbonyl (C=O) groups is 1. The molecule has 16 heavy (non-hydrogen) atoms. The zero-order valence-electron chi connectivity index (χ0n) is 8.93. The number of hydrogen-bond donors (Lipinski definition) is 2. The number of nitrogens with one attached hydrogen (secondary N) is 1. The van der Waals surface area contributed by atoms with Gasteiger partial charge in [-0.3, -0.25) is 4.72 Å². The third-order valence-electron chi connectivity index (χ3n) is 2.35. The lowest BCUT2D eigenvalue weighted by Gasteiger charge is -2.03. The smallest absolute Gasteiger partial charge is 0.322 e. The molecule has 0 atom stereocenters. The van der Waals surface area contributed by atoms with Crippen molar-refractivity contribution < 1.29 is 4.79 Å². The molecule has 1 aromatic carbocycles. The Morgan fingerprint density at radius 2 is 2.31 bits per heavy atom. The summed E-state index contributed by atoms with van der Waals surface area (Å²) in [5.41, 5.74) is 6.20. The number of aromatic nitrogens is 1. The fourth-order valence-electron chi connectivity index (χ4n) is 1.63. The Morgan fingerprint density at radius 3 is 3.00 bits per heavy atom. The number of benzene rings is 1. The summed E-state index contributed by atoms with van der Waals surface area (Å²) in [4.78, 5) is 11.5. The van der Waals surface area contributed by atoms with Crippen molar-refractivity contribution in [2.75, 3.05) is 0 Å². The largest absolute Gasteiger partial charge is 0.351 e. The summed E-state index contributed by atoms with van der Waals surface area (Å²) in [6.45, 7) is 3.06. The van der Waals surface area contributed by atoms with E-state index in [0.29, 0.717) is 0 Å². The third-order valence-corrected chi connectivity index (χ3v) is 3.15. The SMILES string of the molecule is CCn1ccc2cc(SNC(N)=O)ccc21. The average molecular weight is 235 g/mol. The highest BCUT2D eigenvalue weighted by molar-refractivity contribution is 7.98. The van der Waals surface area contributed by atoms with Gasteiger partial charge < -0.3 is 10.3 Å². The van der Waals surface area contributed by atoms with Gasteiger partial charge in [-0.2, -0.15) is 0 Å². The van der Waals surface area contributed by atoms with Crippen molar-refractivity contribution in [1.29, 1.82) is 0 Å². The number of nitrogens with zero attached hydrogens (tertiary/aromatic N) is 1. The van der Waals surface area contributed by atoms with Crippen LogP contribution in [0.2, 0.25) is 0 Å². The summed E-state index contributed by atoms with van der Waals surface area (Å²) >= 11 is 1.23. The van der Waals surface area contributed by atoms with Crippen molar-refractivity contribution in [2.45, 2.75) is 18.4 Å². The molecule has 0 bridgehead atoms. The molecule has 1 aromatic heterocycles. The van der Waals surface area contributed by atoms with Gasteiger partial charge in [0.1, 0.15) is 0 Å². The minimum Gasteiger partial charge on any atom is -0.351 e. The van der Waals surface area contributed by atoms with E-state index in [1.165, 1.54) is 17.5 Å². The number of carbonyl (C=O) groups excluding carboxylic acids is 1. The number of fused-ring (bicyclic) bond motifs is 1. The number of rotatable bonds is 3. The minimum absolute atomic E-state index is 0.531. The lowest BCUT2D eigenvalue weighted by molar-refractivity contribution is 0.254. The van der Waals surface area contributed by atoms with Crippen LogP contribution in [0.3, 0.4) is 0 Å². The van der Waals surface area contributed by atoms with E-state index < -0.39 is 6.03 Å². The van der Waals surface area contributed by atoms with E-state index in [-0.39, 0.29) is 0 Å². The highest BCUT2D eigenvalue weighted by Gasteiger charge is 2.02. The Hall–Kier alpha value is -1.62. The molecule has 0 saturated carbocycles. The maximum absolute atomic E-state index is 10.6. The summed E-state index contributed by atoms with van der Waals surface area (Å²) in [5.74, 6) is 0.